The van der Waals surface area contributed by atoms with E-state index in [2.05, 4.69) is 21.2 Å². The summed E-state index contributed by atoms with van der Waals surface area (Å²) in [6, 6.07) is 6.07. The van der Waals surface area contributed by atoms with E-state index in [1.54, 1.807) is 4.90 Å². The smallest absolute Gasteiger partial charge is 0.228 e. The van der Waals surface area contributed by atoms with E-state index < -0.39 is 0 Å². The highest BCUT2D eigenvalue weighted by Gasteiger charge is 2.22. The second-order valence-corrected chi connectivity index (χ2v) is 4.78. The van der Waals surface area contributed by atoms with Gasteiger partial charge in [-0.2, -0.15) is 0 Å². The fourth-order valence-corrected chi connectivity index (χ4v) is 2.13. The van der Waals surface area contributed by atoms with Gasteiger partial charge in [-0.3, -0.25) is 4.79 Å². The Labute approximate surface area is 97.6 Å². The number of benzene rings is 1. The molecule has 0 bridgehead atoms. The Morgan fingerprint density at radius 3 is 3.00 bits per heavy atom. The van der Waals surface area contributed by atoms with E-state index in [-0.39, 0.29) is 11.9 Å². The maximum atomic E-state index is 11.7. The van der Waals surface area contributed by atoms with Crippen LogP contribution in [0, 0.1) is 0 Å². The van der Waals surface area contributed by atoms with Crippen LogP contribution in [0.1, 0.15) is 13.3 Å². The third-order valence-corrected chi connectivity index (χ3v) is 3.07. The molecule has 0 saturated heterocycles. The van der Waals surface area contributed by atoms with E-state index in [1.165, 1.54) is 0 Å². The van der Waals surface area contributed by atoms with E-state index in [0.717, 1.165) is 15.8 Å². The Balaban J connectivity index is 2.49. The van der Waals surface area contributed by atoms with Crippen LogP contribution >= 0.6 is 15.9 Å². The maximum absolute atomic E-state index is 11.7. The van der Waals surface area contributed by atoms with Gasteiger partial charge in [-0.25, -0.2) is 0 Å². The molecule has 3 nitrogen and oxygen atoms in total. The van der Waals surface area contributed by atoms with Crippen molar-refractivity contribution in [2.45, 2.75) is 19.4 Å². The third-order valence-electron chi connectivity index (χ3n) is 2.58. The van der Waals surface area contributed by atoms with Crippen LogP contribution in [0.2, 0.25) is 0 Å². The molecule has 1 aliphatic rings. The summed E-state index contributed by atoms with van der Waals surface area (Å²) in [4.78, 5) is 13.5. The molecule has 80 valence electrons. The number of nitrogens with zero attached hydrogens (tertiary/aromatic N) is 1. The first-order chi connectivity index (χ1) is 7.08. The molecule has 0 aromatic heterocycles. The summed E-state index contributed by atoms with van der Waals surface area (Å²) in [5.74, 6) is 0.149. The minimum absolute atomic E-state index is 0.149. The average Bonchev–Trinajstić information content (AvgIpc) is 2.25. The molecule has 2 rings (SSSR count). The Bertz CT molecular complexity index is 406. The molecule has 1 N–H and O–H groups in total. The minimum atomic E-state index is 0.149. The van der Waals surface area contributed by atoms with Gasteiger partial charge in [0.25, 0.3) is 0 Å². The molecule has 0 fully saturated rings. The molecule has 1 unspecified atom stereocenters. The predicted molar refractivity (Wildman–Crippen MR) is 65.3 cm³/mol. The number of rotatable bonds is 0. The first kappa shape index (κ1) is 10.5. The summed E-state index contributed by atoms with van der Waals surface area (Å²) in [5.41, 5.74) is 1.94. The fourth-order valence-electron chi connectivity index (χ4n) is 1.77. The fraction of sp³-hybridized carbons (Fsp3) is 0.364. The van der Waals surface area contributed by atoms with Gasteiger partial charge >= 0.3 is 0 Å². The molecule has 0 saturated carbocycles. The molecular formula is C11H13BrN2O. The Morgan fingerprint density at radius 1 is 1.53 bits per heavy atom. The van der Waals surface area contributed by atoms with Crippen LogP contribution in [-0.4, -0.2) is 19.0 Å². The van der Waals surface area contributed by atoms with Crippen molar-refractivity contribution in [2.75, 3.05) is 17.3 Å². The van der Waals surface area contributed by atoms with Gasteiger partial charge in [-0.15, -0.1) is 0 Å². The van der Waals surface area contributed by atoms with Crippen molar-refractivity contribution < 1.29 is 4.79 Å². The van der Waals surface area contributed by atoms with Gasteiger partial charge in [0.2, 0.25) is 5.91 Å². The Hall–Kier alpha value is -1.03. The third kappa shape index (κ3) is 2.00. The number of amides is 1. The molecule has 1 aliphatic heterocycles. The molecule has 0 aliphatic carbocycles. The lowest BCUT2D eigenvalue weighted by Gasteiger charge is -2.16. The van der Waals surface area contributed by atoms with Crippen molar-refractivity contribution in [2.24, 2.45) is 0 Å². The minimum Gasteiger partial charge on any atom is -0.380 e. The van der Waals surface area contributed by atoms with Gasteiger partial charge < -0.3 is 10.2 Å². The number of anilines is 2. The quantitative estimate of drug-likeness (QED) is 0.785. The molecule has 1 aromatic carbocycles. The highest BCUT2D eigenvalue weighted by Crippen LogP contribution is 2.32. The molecule has 0 spiro atoms. The largest absolute Gasteiger partial charge is 0.380 e. The van der Waals surface area contributed by atoms with Crippen LogP contribution in [0.4, 0.5) is 11.4 Å². The summed E-state index contributed by atoms with van der Waals surface area (Å²) >= 11 is 3.43. The highest BCUT2D eigenvalue weighted by molar-refractivity contribution is 9.10. The summed E-state index contributed by atoms with van der Waals surface area (Å²) < 4.78 is 1.02. The van der Waals surface area contributed by atoms with Crippen LogP contribution < -0.4 is 10.2 Å². The zero-order chi connectivity index (χ0) is 11.0. The lowest BCUT2D eigenvalue weighted by atomic mass is 10.2. The Kier molecular flexibility index (Phi) is 2.69. The number of halogens is 1. The lowest BCUT2D eigenvalue weighted by molar-refractivity contribution is -0.118. The Morgan fingerprint density at radius 2 is 2.27 bits per heavy atom. The first-order valence-electron chi connectivity index (χ1n) is 4.90. The van der Waals surface area contributed by atoms with E-state index in [0.29, 0.717) is 6.42 Å². The monoisotopic (exact) mass is 268 g/mol. The van der Waals surface area contributed by atoms with Crippen molar-refractivity contribution in [3.63, 3.8) is 0 Å². The zero-order valence-electron chi connectivity index (χ0n) is 8.75. The van der Waals surface area contributed by atoms with Gasteiger partial charge in [-0.05, 0) is 25.1 Å². The van der Waals surface area contributed by atoms with Crippen molar-refractivity contribution >= 4 is 33.2 Å². The number of hydrogen-bond acceptors (Lipinski definition) is 2. The predicted octanol–water partition coefficient (Wildman–Crippen LogP) is 2.62. The second-order valence-electron chi connectivity index (χ2n) is 3.86. The van der Waals surface area contributed by atoms with Gasteiger partial charge in [0.1, 0.15) is 0 Å². The zero-order valence-corrected chi connectivity index (χ0v) is 10.3. The number of nitrogens with one attached hydrogen (secondary N) is 1. The first-order valence-corrected chi connectivity index (χ1v) is 5.70. The van der Waals surface area contributed by atoms with Crippen LogP contribution in [0.25, 0.3) is 0 Å². The number of fused-ring (bicyclic) bond motifs is 1. The topological polar surface area (TPSA) is 32.3 Å². The van der Waals surface area contributed by atoms with Crippen molar-refractivity contribution in [1.29, 1.82) is 0 Å². The van der Waals surface area contributed by atoms with Crippen LogP contribution in [0.5, 0.6) is 0 Å². The number of carbonyl (C=O) groups is 1. The average molecular weight is 269 g/mol. The van der Waals surface area contributed by atoms with Crippen molar-refractivity contribution in [3.05, 3.63) is 22.7 Å². The highest BCUT2D eigenvalue weighted by atomic mass is 79.9. The number of hydrogen-bond donors (Lipinski definition) is 1. The summed E-state index contributed by atoms with van der Waals surface area (Å²) in [5, 5.41) is 3.33. The molecule has 4 heteroatoms. The van der Waals surface area contributed by atoms with Gasteiger partial charge in [0, 0.05) is 24.0 Å². The molecule has 15 heavy (non-hydrogen) atoms. The molecular weight excluding hydrogens is 256 g/mol. The van der Waals surface area contributed by atoms with Gasteiger partial charge in [0.15, 0.2) is 0 Å². The van der Waals surface area contributed by atoms with E-state index in [4.69, 9.17) is 0 Å². The molecule has 1 atom stereocenters. The summed E-state index contributed by atoms with van der Waals surface area (Å²) in [6.07, 6.45) is 0.531. The van der Waals surface area contributed by atoms with Crippen LogP contribution in [-0.2, 0) is 4.79 Å². The van der Waals surface area contributed by atoms with E-state index >= 15 is 0 Å². The molecule has 1 aromatic rings. The molecule has 1 heterocycles. The normalized spacial score (nSPS) is 20.6. The van der Waals surface area contributed by atoms with Crippen LogP contribution in [0.3, 0.4) is 0 Å². The lowest BCUT2D eigenvalue weighted by Crippen LogP contribution is -2.27. The molecule has 0 radical (unpaired) electrons. The van der Waals surface area contributed by atoms with Gasteiger partial charge in [-0.1, -0.05) is 15.9 Å². The number of carbonyl (C=O) groups excluding carboxylic acids is 1. The van der Waals surface area contributed by atoms with E-state index in [1.807, 2.05) is 32.2 Å². The maximum Gasteiger partial charge on any atom is 0.228 e. The van der Waals surface area contributed by atoms with Crippen molar-refractivity contribution in [3.8, 4) is 0 Å². The molecule has 1 amide bonds. The second kappa shape index (κ2) is 3.85. The van der Waals surface area contributed by atoms with E-state index in [9.17, 15) is 4.79 Å². The van der Waals surface area contributed by atoms with Crippen LogP contribution in [0.15, 0.2) is 22.7 Å². The SMILES string of the molecule is CC1CC(=O)N(C)c2ccc(Br)cc2N1. The van der Waals surface area contributed by atoms with Crippen molar-refractivity contribution in [1.82, 2.24) is 0 Å². The summed E-state index contributed by atoms with van der Waals surface area (Å²) in [6.45, 7) is 2.02. The van der Waals surface area contributed by atoms with Gasteiger partial charge in [0.05, 0.1) is 11.4 Å². The summed E-state index contributed by atoms with van der Waals surface area (Å²) in [7, 11) is 1.81. The standard InChI is InChI=1S/C11H13BrN2O/c1-7-5-11(15)14(2)10-4-3-8(12)6-9(10)13-7/h3-4,6-7,13H,5H2,1-2H3.